The highest BCUT2D eigenvalue weighted by Gasteiger charge is 2.32. The first-order valence-electron chi connectivity index (χ1n) is 9.59. The zero-order valence-corrected chi connectivity index (χ0v) is 16.6. The third-order valence-corrected chi connectivity index (χ3v) is 5.35. The molecule has 0 bridgehead atoms. The lowest BCUT2D eigenvalue weighted by atomic mass is 9.94. The summed E-state index contributed by atoms with van der Waals surface area (Å²) in [6, 6.07) is 7.79. The fourth-order valence-corrected chi connectivity index (χ4v) is 3.57. The van der Waals surface area contributed by atoms with Crippen LogP contribution in [-0.2, 0) is 9.59 Å². The van der Waals surface area contributed by atoms with Crippen molar-refractivity contribution < 1.29 is 14.3 Å². The maximum Gasteiger partial charge on any atom is 0.258 e. The Labute approximate surface area is 167 Å². The molecule has 2 saturated carbocycles. The quantitative estimate of drug-likeness (QED) is 0.629. The molecule has 0 saturated heterocycles. The van der Waals surface area contributed by atoms with Gasteiger partial charge in [0, 0.05) is 12.0 Å². The van der Waals surface area contributed by atoms with Crippen LogP contribution in [0.3, 0.4) is 0 Å². The van der Waals surface area contributed by atoms with Gasteiger partial charge in [-0.3, -0.25) is 9.59 Å². The van der Waals surface area contributed by atoms with Crippen molar-refractivity contribution in [1.82, 2.24) is 10.6 Å². The summed E-state index contributed by atoms with van der Waals surface area (Å²) in [5, 5.41) is 5.99. The second kappa shape index (κ2) is 9.95. The van der Waals surface area contributed by atoms with Gasteiger partial charge in [-0.2, -0.15) is 0 Å². The largest absolute Gasteiger partial charge is 0.484 e. The lowest BCUT2D eigenvalue weighted by Gasteiger charge is -2.21. The molecule has 3 rings (SSSR count). The van der Waals surface area contributed by atoms with Gasteiger partial charge in [-0.05, 0) is 62.8 Å². The summed E-state index contributed by atoms with van der Waals surface area (Å²) in [5.74, 6) is 1.01. The van der Waals surface area contributed by atoms with E-state index in [0.717, 1.165) is 37.7 Å². The molecule has 0 heterocycles. The van der Waals surface area contributed by atoms with Gasteiger partial charge in [0.25, 0.3) is 5.91 Å². The number of nitrogens with one attached hydrogen (secondary N) is 2. The summed E-state index contributed by atoms with van der Waals surface area (Å²) in [7, 11) is 0. The highest BCUT2D eigenvalue weighted by atomic mass is 35.5. The Hall–Kier alpha value is -1.79. The van der Waals surface area contributed by atoms with Crippen molar-refractivity contribution in [3.63, 3.8) is 0 Å². The molecule has 0 aliphatic heterocycles. The molecule has 0 aromatic heterocycles. The fourth-order valence-electron chi connectivity index (χ4n) is 3.57. The summed E-state index contributed by atoms with van der Waals surface area (Å²) in [6.07, 6.45) is 5.18. The summed E-state index contributed by atoms with van der Waals surface area (Å²) in [5.41, 5.74) is 6.79. The van der Waals surface area contributed by atoms with Gasteiger partial charge in [0.2, 0.25) is 5.91 Å². The Balaban J connectivity index is 0.00000261. The van der Waals surface area contributed by atoms with Crippen LogP contribution in [-0.4, -0.2) is 31.0 Å². The smallest absolute Gasteiger partial charge is 0.258 e. The molecule has 150 valence electrons. The van der Waals surface area contributed by atoms with Gasteiger partial charge in [-0.1, -0.05) is 18.6 Å². The van der Waals surface area contributed by atoms with E-state index in [0.29, 0.717) is 24.3 Å². The lowest BCUT2D eigenvalue weighted by Crippen LogP contribution is -2.36. The number of carbonyl (C=O) groups excluding carboxylic acids is 2. The average molecular weight is 396 g/mol. The Bertz CT molecular complexity index is 634. The molecule has 3 atom stereocenters. The van der Waals surface area contributed by atoms with E-state index >= 15 is 0 Å². The van der Waals surface area contributed by atoms with Gasteiger partial charge in [-0.15, -0.1) is 12.4 Å². The summed E-state index contributed by atoms with van der Waals surface area (Å²) in [4.78, 5) is 24.1. The molecule has 0 radical (unpaired) electrons. The van der Waals surface area contributed by atoms with Crippen molar-refractivity contribution in [2.45, 2.75) is 51.1 Å². The monoisotopic (exact) mass is 395 g/mol. The normalized spacial score (nSPS) is 22.4. The van der Waals surface area contributed by atoms with Crippen LogP contribution in [0.4, 0.5) is 0 Å². The third-order valence-electron chi connectivity index (χ3n) is 5.35. The zero-order valence-electron chi connectivity index (χ0n) is 15.8. The van der Waals surface area contributed by atoms with E-state index in [9.17, 15) is 9.59 Å². The highest BCUT2D eigenvalue weighted by Crippen LogP contribution is 2.31. The van der Waals surface area contributed by atoms with E-state index in [4.69, 9.17) is 10.5 Å². The zero-order chi connectivity index (χ0) is 18.5. The minimum absolute atomic E-state index is 0. The fraction of sp³-hybridized carbons (Fsp3) is 0.600. The molecular weight excluding hydrogens is 366 g/mol. The minimum Gasteiger partial charge on any atom is -0.484 e. The minimum atomic E-state index is -0.0803. The van der Waals surface area contributed by atoms with Crippen molar-refractivity contribution in [3.05, 3.63) is 29.8 Å². The summed E-state index contributed by atoms with van der Waals surface area (Å²) >= 11 is 0. The van der Waals surface area contributed by atoms with E-state index in [1.165, 1.54) is 0 Å². The van der Waals surface area contributed by atoms with Crippen LogP contribution in [0.1, 0.15) is 50.6 Å². The van der Waals surface area contributed by atoms with Gasteiger partial charge < -0.3 is 21.1 Å². The van der Waals surface area contributed by atoms with Gasteiger partial charge in [0.1, 0.15) is 5.75 Å². The van der Waals surface area contributed by atoms with E-state index in [2.05, 4.69) is 10.6 Å². The lowest BCUT2D eigenvalue weighted by molar-refractivity contribution is -0.126. The van der Waals surface area contributed by atoms with Crippen LogP contribution >= 0.6 is 12.4 Å². The molecule has 0 spiro atoms. The second-order valence-corrected chi connectivity index (χ2v) is 7.46. The SMILES string of the molecule is CC(NC(=O)[C@@H]1CCC[C@@H]1CN)c1ccc(OCC(=O)NC2CC2)cc1.Cl. The first-order chi connectivity index (χ1) is 12.6. The summed E-state index contributed by atoms with van der Waals surface area (Å²) in [6.45, 7) is 2.58. The first kappa shape index (κ1) is 21.5. The second-order valence-electron chi connectivity index (χ2n) is 7.46. The molecule has 2 aliphatic carbocycles. The maximum atomic E-state index is 12.5. The van der Waals surface area contributed by atoms with Crippen molar-refractivity contribution in [2.75, 3.05) is 13.2 Å². The highest BCUT2D eigenvalue weighted by molar-refractivity contribution is 5.85. The van der Waals surface area contributed by atoms with Crippen molar-refractivity contribution in [2.24, 2.45) is 17.6 Å². The number of rotatable bonds is 8. The Kier molecular flexibility index (Phi) is 7.92. The maximum absolute atomic E-state index is 12.5. The number of ether oxygens (including phenoxy) is 1. The van der Waals surface area contributed by atoms with Crippen molar-refractivity contribution >= 4 is 24.2 Å². The number of benzene rings is 1. The van der Waals surface area contributed by atoms with E-state index in [-0.39, 0.29) is 42.8 Å². The van der Waals surface area contributed by atoms with Crippen molar-refractivity contribution in [1.29, 1.82) is 0 Å². The molecule has 2 fully saturated rings. The molecule has 2 amide bonds. The summed E-state index contributed by atoms with van der Waals surface area (Å²) < 4.78 is 5.51. The number of halogens is 1. The number of hydrogen-bond donors (Lipinski definition) is 3. The molecule has 1 aromatic carbocycles. The molecule has 7 heteroatoms. The van der Waals surface area contributed by atoms with Crippen LogP contribution in [0.25, 0.3) is 0 Å². The Morgan fingerprint density at radius 2 is 1.89 bits per heavy atom. The molecule has 4 N–H and O–H groups in total. The number of hydrogen-bond acceptors (Lipinski definition) is 4. The Morgan fingerprint density at radius 3 is 2.52 bits per heavy atom. The standard InChI is InChI=1S/C20H29N3O3.ClH/c1-13(22-20(25)18-4-2-3-15(18)11-21)14-5-9-17(10-6-14)26-12-19(24)23-16-7-8-16;/h5-6,9-10,13,15-16,18H,2-4,7-8,11-12,21H2,1H3,(H,22,25)(H,23,24);1H/t13?,15-,18-;/m1./s1. The van der Waals surface area contributed by atoms with Crippen molar-refractivity contribution in [3.8, 4) is 5.75 Å². The predicted octanol–water partition coefficient (Wildman–Crippen LogP) is 2.32. The Morgan fingerprint density at radius 1 is 1.19 bits per heavy atom. The van der Waals surface area contributed by atoms with Crippen LogP contribution in [0.2, 0.25) is 0 Å². The van der Waals surface area contributed by atoms with Crippen LogP contribution in [0.5, 0.6) is 5.75 Å². The molecule has 2 aliphatic rings. The number of nitrogens with two attached hydrogens (primary N) is 1. The first-order valence-corrected chi connectivity index (χ1v) is 9.59. The van der Waals surface area contributed by atoms with Crippen LogP contribution in [0, 0.1) is 11.8 Å². The number of amides is 2. The average Bonchev–Trinajstić information content (AvgIpc) is 3.32. The molecule has 6 nitrogen and oxygen atoms in total. The molecule has 1 aromatic rings. The topological polar surface area (TPSA) is 93.5 Å². The predicted molar refractivity (Wildman–Crippen MR) is 107 cm³/mol. The molecule has 27 heavy (non-hydrogen) atoms. The van der Waals surface area contributed by atoms with Crippen LogP contribution < -0.4 is 21.1 Å². The van der Waals surface area contributed by atoms with Crippen LogP contribution in [0.15, 0.2) is 24.3 Å². The van der Waals surface area contributed by atoms with Gasteiger partial charge in [0.15, 0.2) is 6.61 Å². The van der Waals surface area contributed by atoms with E-state index in [1.54, 1.807) is 0 Å². The third kappa shape index (κ3) is 6.11. The molecule has 1 unspecified atom stereocenters. The molecular formula is C20H30ClN3O3. The number of carbonyl (C=O) groups is 2. The van der Waals surface area contributed by atoms with E-state index < -0.39 is 0 Å². The van der Waals surface area contributed by atoms with Gasteiger partial charge >= 0.3 is 0 Å². The van der Waals surface area contributed by atoms with Gasteiger partial charge in [0.05, 0.1) is 6.04 Å². The van der Waals surface area contributed by atoms with Gasteiger partial charge in [-0.25, -0.2) is 0 Å². The van der Waals surface area contributed by atoms with E-state index in [1.807, 2.05) is 31.2 Å².